The van der Waals surface area contributed by atoms with Gasteiger partial charge < -0.3 is 14.7 Å². The van der Waals surface area contributed by atoms with Gasteiger partial charge in [-0.2, -0.15) is 0 Å². The Balaban J connectivity index is 1.73. The van der Waals surface area contributed by atoms with Crippen molar-refractivity contribution >= 4 is 17.7 Å². The van der Waals surface area contributed by atoms with Gasteiger partial charge in [-0.1, -0.05) is 6.58 Å². The van der Waals surface area contributed by atoms with E-state index >= 15 is 0 Å². The predicted octanol–water partition coefficient (Wildman–Crippen LogP) is 0.777. The lowest BCUT2D eigenvalue weighted by atomic mass is 9.73. The van der Waals surface area contributed by atoms with Gasteiger partial charge in [-0.15, -0.1) is 0 Å². The molecule has 6 heteroatoms. The average molecular weight is 319 g/mol. The topological polar surface area (TPSA) is 60.9 Å². The van der Waals surface area contributed by atoms with Crippen LogP contribution < -0.4 is 0 Å². The first-order chi connectivity index (χ1) is 11.0. The molecule has 0 bridgehead atoms. The zero-order valence-corrected chi connectivity index (χ0v) is 13.8. The van der Waals surface area contributed by atoms with Crippen molar-refractivity contribution in [2.24, 2.45) is 0 Å². The maximum absolute atomic E-state index is 12.9. The summed E-state index contributed by atoms with van der Waals surface area (Å²) in [6, 6.07) is -0.314. The van der Waals surface area contributed by atoms with Crippen molar-refractivity contribution in [3.05, 3.63) is 12.7 Å². The lowest BCUT2D eigenvalue weighted by Gasteiger charge is -2.56. The Kier molecular flexibility index (Phi) is 4.17. The van der Waals surface area contributed by atoms with E-state index in [9.17, 15) is 14.4 Å². The second-order valence-corrected chi connectivity index (χ2v) is 6.90. The van der Waals surface area contributed by atoms with Crippen LogP contribution in [0.4, 0.5) is 0 Å². The summed E-state index contributed by atoms with van der Waals surface area (Å²) in [5.74, 6) is -0.0163. The molecule has 0 radical (unpaired) electrons. The highest BCUT2D eigenvalue weighted by atomic mass is 16.2. The van der Waals surface area contributed by atoms with Crippen LogP contribution in [0.1, 0.15) is 39.0 Å². The number of nitrogens with zero attached hydrogens (tertiary/aromatic N) is 3. The molecular formula is C17H25N3O3. The maximum atomic E-state index is 12.9. The molecule has 0 aromatic rings. The van der Waals surface area contributed by atoms with Gasteiger partial charge in [0, 0.05) is 33.1 Å². The van der Waals surface area contributed by atoms with Crippen molar-refractivity contribution in [3.8, 4) is 0 Å². The fraction of sp³-hybridized carbons (Fsp3) is 0.706. The molecule has 0 aromatic heterocycles. The van der Waals surface area contributed by atoms with E-state index in [4.69, 9.17) is 0 Å². The Morgan fingerprint density at radius 3 is 2.43 bits per heavy atom. The molecule has 3 amide bonds. The van der Waals surface area contributed by atoms with Gasteiger partial charge in [-0.25, -0.2) is 0 Å². The second-order valence-electron chi connectivity index (χ2n) is 6.90. The molecular weight excluding hydrogens is 294 g/mol. The molecule has 2 aliphatic heterocycles. The second kappa shape index (κ2) is 5.98. The zero-order chi connectivity index (χ0) is 16.6. The summed E-state index contributed by atoms with van der Waals surface area (Å²) in [5, 5.41) is 0. The third-order valence-electron chi connectivity index (χ3n) is 5.63. The van der Waals surface area contributed by atoms with Gasteiger partial charge in [0.1, 0.15) is 6.04 Å². The molecule has 23 heavy (non-hydrogen) atoms. The van der Waals surface area contributed by atoms with Crippen molar-refractivity contribution in [3.63, 3.8) is 0 Å². The number of rotatable bonds is 2. The van der Waals surface area contributed by atoms with E-state index in [2.05, 4.69) is 6.58 Å². The Morgan fingerprint density at radius 1 is 1.13 bits per heavy atom. The minimum atomic E-state index is -0.314. The van der Waals surface area contributed by atoms with Crippen LogP contribution in [0.2, 0.25) is 0 Å². The summed E-state index contributed by atoms with van der Waals surface area (Å²) in [6.07, 6.45) is 5.97. The highest BCUT2D eigenvalue weighted by molar-refractivity contribution is 5.89. The van der Waals surface area contributed by atoms with E-state index in [1.807, 2.05) is 9.80 Å². The number of hydrogen-bond acceptors (Lipinski definition) is 3. The van der Waals surface area contributed by atoms with Gasteiger partial charge >= 0.3 is 0 Å². The summed E-state index contributed by atoms with van der Waals surface area (Å²) < 4.78 is 0. The van der Waals surface area contributed by atoms with Crippen molar-refractivity contribution in [2.75, 3.05) is 26.2 Å². The van der Waals surface area contributed by atoms with E-state index in [0.29, 0.717) is 26.2 Å². The summed E-state index contributed by atoms with van der Waals surface area (Å²) in [6.45, 7) is 7.48. The summed E-state index contributed by atoms with van der Waals surface area (Å²) >= 11 is 0. The quantitative estimate of drug-likeness (QED) is 0.707. The average Bonchev–Trinajstić information content (AvgIpc) is 3.01. The molecule has 2 saturated heterocycles. The zero-order valence-electron chi connectivity index (χ0n) is 13.8. The fourth-order valence-corrected chi connectivity index (χ4v) is 4.24. The number of hydrogen-bond donors (Lipinski definition) is 0. The number of piperazine rings is 1. The standard InChI is InChI=1S/C17H25N3O3/c1-3-15(22)20-11-10-18(12-17(20)7-5-8-17)16(23)14-6-4-9-19(14)13(2)21/h3,14H,1,4-12H2,2H3/t14-/m1/s1. The van der Waals surface area contributed by atoms with Gasteiger partial charge in [0.05, 0.1) is 5.54 Å². The van der Waals surface area contributed by atoms with E-state index in [0.717, 1.165) is 32.1 Å². The molecule has 0 unspecified atom stereocenters. The Bertz CT molecular complexity index is 541. The number of carbonyl (C=O) groups excluding carboxylic acids is 3. The number of likely N-dealkylation sites (tertiary alicyclic amines) is 1. The first kappa shape index (κ1) is 16.0. The van der Waals surface area contributed by atoms with E-state index in [1.165, 1.54) is 13.0 Å². The third kappa shape index (κ3) is 2.64. The van der Waals surface area contributed by atoms with Crippen LogP contribution in [0.3, 0.4) is 0 Å². The van der Waals surface area contributed by atoms with Crippen molar-refractivity contribution in [1.29, 1.82) is 0 Å². The van der Waals surface area contributed by atoms with Gasteiger partial charge in [-0.05, 0) is 38.2 Å². The summed E-state index contributed by atoms with van der Waals surface area (Å²) in [5.41, 5.74) is -0.209. The molecule has 3 rings (SSSR count). The van der Waals surface area contributed by atoms with Crippen LogP contribution in [-0.4, -0.2) is 70.2 Å². The van der Waals surface area contributed by atoms with Gasteiger partial charge in [0.2, 0.25) is 17.7 Å². The highest BCUT2D eigenvalue weighted by Crippen LogP contribution is 2.41. The lowest BCUT2D eigenvalue weighted by molar-refractivity contribution is -0.155. The van der Waals surface area contributed by atoms with Gasteiger partial charge in [0.25, 0.3) is 0 Å². The predicted molar refractivity (Wildman–Crippen MR) is 85.5 cm³/mol. The van der Waals surface area contributed by atoms with Crippen LogP contribution in [0.15, 0.2) is 12.7 Å². The van der Waals surface area contributed by atoms with Crippen LogP contribution in [-0.2, 0) is 14.4 Å². The molecule has 1 spiro atoms. The van der Waals surface area contributed by atoms with Crippen molar-refractivity contribution in [1.82, 2.24) is 14.7 Å². The van der Waals surface area contributed by atoms with Crippen LogP contribution >= 0.6 is 0 Å². The molecule has 0 aromatic carbocycles. The molecule has 1 atom stereocenters. The van der Waals surface area contributed by atoms with Crippen LogP contribution in [0.25, 0.3) is 0 Å². The minimum absolute atomic E-state index is 0.0281. The summed E-state index contributed by atoms with van der Waals surface area (Å²) in [4.78, 5) is 42.2. The summed E-state index contributed by atoms with van der Waals surface area (Å²) in [7, 11) is 0. The SMILES string of the molecule is C=CC(=O)N1CCN(C(=O)[C@H]2CCCN2C(C)=O)CC12CCC2. The first-order valence-corrected chi connectivity index (χ1v) is 8.48. The van der Waals surface area contributed by atoms with Crippen LogP contribution in [0, 0.1) is 0 Å². The normalized spacial score (nSPS) is 26.1. The molecule has 1 aliphatic carbocycles. The number of amides is 3. The molecule has 3 aliphatic rings. The first-order valence-electron chi connectivity index (χ1n) is 8.48. The molecule has 2 heterocycles. The minimum Gasteiger partial charge on any atom is -0.337 e. The Labute approximate surface area is 137 Å². The van der Waals surface area contributed by atoms with E-state index in [-0.39, 0.29) is 29.3 Å². The molecule has 0 N–H and O–H groups in total. The molecule has 1 saturated carbocycles. The third-order valence-corrected chi connectivity index (χ3v) is 5.63. The van der Waals surface area contributed by atoms with E-state index < -0.39 is 0 Å². The monoisotopic (exact) mass is 319 g/mol. The van der Waals surface area contributed by atoms with E-state index in [1.54, 1.807) is 4.90 Å². The Hall–Kier alpha value is -1.85. The van der Waals surface area contributed by atoms with Crippen molar-refractivity contribution < 1.29 is 14.4 Å². The molecule has 126 valence electrons. The number of carbonyl (C=O) groups is 3. The van der Waals surface area contributed by atoms with Crippen LogP contribution in [0.5, 0.6) is 0 Å². The molecule has 6 nitrogen and oxygen atoms in total. The smallest absolute Gasteiger partial charge is 0.246 e. The van der Waals surface area contributed by atoms with Gasteiger partial charge in [0.15, 0.2) is 0 Å². The lowest BCUT2D eigenvalue weighted by Crippen LogP contribution is -2.68. The molecule has 3 fully saturated rings. The largest absolute Gasteiger partial charge is 0.337 e. The fourth-order valence-electron chi connectivity index (χ4n) is 4.24. The Morgan fingerprint density at radius 2 is 1.87 bits per heavy atom. The highest BCUT2D eigenvalue weighted by Gasteiger charge is 2.49. The maximum Gasteiger partial charge on any atom is 0.246 e. The van der Waals surface area contributed by atoms with Gasteiger partial charge in [-0.3, -0.25) is 14.4 Å². The van der Waals surface area contributed by atoms with Crippen molar-refractivity contribution in [2.45, 2.75) is 50.6 Å².